The smallest absolute Gasteiger partial charge is 0.230 e. The largest absolute Gasteiger partial charge is 0.353 e. The average Bonchev–Trinajstić information content (AvgIpc) is 3.11. The Morgan fingerprint density at radius 3 is 2.88 bits per heavy atom. The first-order valence-corrected chi connectivity index (χ1v) is 10.6. The third-order valence-corrected chi connectivity index (χ3v) is 6.83. The van der Waals surface area contributed by atoms with E-state index in [1.54, 1.807) is 22.7 Å². The summed E-state index contributed by atoms with van der Waals surface area (Å²) in [6.45, 7) is 2.00. The van der Waals surface area contributed by atoms with Gasteiger partial charge in [-0.05, 0) is 43.3 Å². The number of rotatable bonds is 6. The molecule has 0 aromatic carbocycles. The number of thiophene rings is 1. The third-order valence-electron chi connectivity index (χ3n) is 3.69. The molecule has 0 unspecified atom stereocenters. The van der Waals surface area contributed by atoms with Crippen molar-refractivity contribution in [2.24, 2.45) is 0 Å². The monoisotopic (exact) mass is 388 g/mol. The quantitative estimate of drug-likeness (QED) is 0.646. The molecule has 3 aromatic rings. The first-order chi connectivity index (χ1) is 12.2. The number of carbonyl (C=O) groups is 1. The number of amides is 1. The van der Waals surface area contributed by atoms with E-state index < -0.39 is 0 Å². The highest BCUT2D eigenvalue weighted by Crippen LogP contribution is 2.36. The predicted octanol–water partition coefficient (Wildman–Crippen LogP) is 4.01. The Kier molecular flexibility index (Phi) is 4.82. The fourth-order valence-corrected chi connectivity index (χ4v) is 4.75. The summed E-state index contributed by atoms with van der Waals surface area (Å²) < 4.78 is 0. The van der Waals surface area contributed by atoms with Crippen molar-refractivity contribution >= 4 is 40.3 Å². The summed E-state index contributed by atoms with van der Waals surface area (Å²) in [5.41, 5.74) is 1.79. The number of carbonyl (C=O) groups excluding carboxylic acids is 1. The van der Waals surface area contributed by atoms with Gasteiger partial charge in [-0.1, -0.05) is 17.8 Å². The van der Waals surface area contributed by atoms with Crippen molar-refractivity contribution in [3.63, 3.8) is 0 Å². The molecule has 0 bridgehead atoms. The van der Waals surface area contributed by atoms with Crippen molar-refractivity contribution < 1.29 is 4.79 Å². The lowest BCUT2D eigenvalue weighted by atomic mass is 10.3. The molecule has 128 valence electrons. The van der Waals surface area contributed by atoms with E-state index in [4.69, 9.17) is 0 Å². The van der Waals surface area contributed by atoms with Gasteiger partial charge in [-0.15, -0.1) is 32.9 Å². The molecule has 4 rings (SSSR count). The molecule has 0 atom stereocenters. The second kappa shape index (κ2) is 7.23. The highest BCUT2D eigenvalue weighted by Gasteiger charge is 2.23. The first kappa shape index (κ1) is 16.7. The molecule has 1 fully saturated rings. The lowest BCUT2D eigenvalue weighted by Crippen LogP contribution is -2.27. The Morgan fingerprint density at radius 2 is 2.20 bits per heavy atom. The van der Waals surface area contributed by atoms with Gasteiger partial charge in [-0.25, -0.2) is 4.98 Å². The van der Waals surface area contributed by atoms with Crippen LogP contribution in [0.15, 0.2) is 34.7 Å². The Bertz CT molecular complexity index is 870. The van der Waals surface area contributed by atoms with Crippen molar-refractivity contribution in [1.82, 2.24) is 20.5 Å². The molecule has 25 heavy (non-hydrogen) atoms. The minimum Gasteiger partial charge on any atom is -0.353 e. The van der Waals surface area contributed by atoms with Crippen LogP contribution in [0.5, 0.6) is 0 Å². The summed E-state index contributed by atoms with van der Waals surface area (Å²) in [6.07, 6.45) is 2.21. The first-order valence-electron chi connectivity index (χ1n) is 7.96. The van der Waals surface area contributed by atoms with Gasteiger partial charge in [0.15, 0.2) is 0 Å². The van der Waals surface area contributed by atoms with Gasteiger partial charge in [0, 0.05) is 6.04 Å². The van der Waals surface area contributed by atoms with Crippen LogP contribution in [0.4, 0.5) is 0 Å². The van der Waals surface area contributed by atoms with E-state index in [1.165, 1.54) is 16.6 Å². The number of nitrogens with one attached hydrogen (secondary N) is 1. The average molecular weight is 389 g/mol. The topological polar surface area (TPSA) is 67.8 Å². The zero-order valence-electron chi connectivity index (χ0n) is 13.6. The van der Waals surface area contributed by atoms with Crippen LogP contribution in [0.2, 0.25) is 0 Å². The number of aryl methyl sites for hydroxylation is 1. The van der Waals surface area contributed by atoms with E-state index in [9.17, 15) is 4.79 Å². The van der Waals surface area contributed by atoms with Crippen molar-refractivity contribution in [3.05, 3.63) is 35.3 Å². The summed E-state index contributed by atoms with van der Waals surface area (Å²) in [5, 5.41) is 15.4. The van der Waals surface area contributed by atoms with Crippen molar-refractivity contribution in [2.75, 3.05) is 5.75 Å². The number of nitrogens with zero attached hydrogens (tertiary/aromatic N) is 3. The van der Waals surface area contributed by atoms with Crippen LogP contribution in [0.3, 0.4) is 0 Å². The normalized spacial score (nSPS) is 13.8. The molecule has 1 N–H and O–H groups in total. The van der Waals surface area contributed by atoms with E-state index in [2.05, 4.69) is 31.9 Å². The van der Waals surface area contributed by atoms with Gasteiger partial charge in [0.25, 0.3) is 0 Å². The molecular weight excluding hydrogens is 372 g/mol. The van der Waals surface area contributed by atoms with Crippen LogP contribution in [0, 0.1) is 6.92 Å². The molecule has 1 amide bonds. The molecule has 8 heteroatoms. The summed E-state index contributed by atoms with van der Waals surface area (Å²) in [5.74, 6) is 0.448. The SMILES string of the molecule is Cc1nc(-c2cccs2)sc1-c1ccc(SCC(=O)NC2CC2)nn1. The maximum absolute atomic E-state index is 11.7. The van der Waals surface area contributed by atoms with E-state index in [0.717, 1.165) is 39.1 Å². The van der Waals surface area contributed by atoms with Crippen molar-refractivity contribution in [3.8, 4) is 20.5 Å². The Morgan fingerprint density at radius 1 is 1.32 bits per heavy atom. The summed E-state index contributed by atoms with van der Waals surface area (Å²) in [4.78, 5) is 18.6. The van der Waals surface area contributed by atoms with Crippen molar-refractivity contribution in [1.29, 1.82) is 0 Å². The molecular formula is C17H16N4OS3. The van der Waals surface area contributed by atoms with Crippen molar-refractivity contribution in [2.45, 2.75) is 30.8 Å². The fourth-order valence-electron chi connectivity index (χ4n) is 2.29. The second-order valence-corrected chi connectivity index (χ2v) is 8.74. The molecule has 3 heterocycles. The van der Waals surface area contributed by atoms with Crippen LogP contribution >= 0.6 is 34.4 Å². The predicted molar refractivity (Wildman–Crippen MR) is 103 cm³/mol. The van der Waals surface area contributed by atoms with Gasteiger partial charge in [-0.2, -0.15) is 0 Å². The molecule has 3 aromatic heterocycles. The van der Waals surface area contributed by atoms with E-state index in [-0.39, 0.29) is 5.91 Å². The Balaban J connectivity index is 1.44. The number of hydrogen-bond acceptors (Lipinski definition) is 7. The second-order valence-electron chi connectivity index (χ2n) is 5.80. The van der Waals surface area contributed by atoms with E-state index >= 15 is 0 Å². The Labute approximate surface area is 157 Å². The van der Waals surface area contributed by atoms with Gasteiger partial charge < -0.3 is 5.32 Å². The minimum atomic E-state index is 0.0669. The molecule has 0 saturated heterocycles. The van der Waals surface area contributed by atoms with Crippen LogP contribution in [0.1, 0.15) is 18.5 Å². The molecule has 1 aliphatic rings. The molecule has 1 saturated carbocycles. The number of thiazole rings is 1. The zero-order valence-corrected chi connectivity index (χ0v) is 16.0. The molecule has 0 radical (unpaired) electrons. The number of hydrogen-bond donors (Lipinski definition) is 1. The summed E-state index contributed by atoms with van der Waals surface area (Å²) in [7, 11) is 0. The lowest BCUT2D eigenvalue weighted by Gasteiger charge is -2.03. The molecule has 0 spiro atoms. The molecule has 5 nitrogen and oxygen atoms in total. The zero-order chi connectivity index (χ0) is 17.2. The van der Waals surface area contributed by atoms with E-state index in [1.807, 2.05) is 25.1 Å². The van der Waals surface area contributed by atoms with Crippen LogP contribution in [-0.4, -0.2) is 32.9 Å². The summed E-state index contributed by atoms with van der Waals surface area (Å²) >= 11 is 4.73. The summed E-state index contributed by atoms with van der Waals surface area (Å²) in [6, 6.07) is 8.37. The van der Waals surface area contributed by atoms with Crippen LogP contribution in [0.25, 0.3) is 20.5 Å². The van der Waals surface area contributed by atoms with Gasteiger partial charge in [0.2, 0.25) is 5.91 Å². The standard InChI is InChI=1S/C17H16N4OS3/c1-10-16(25-17(18-10)13-3-2-8-23-13)12-6-7-15(21-20-12)24-9-14(22)19-11-4-5-11/h2-3,6-8,11H,4-5,9H2,1H3,(H,19,22). The van der Waals surface area contributed by atoms with E-state index in [0.29, 0.717) is 11.8 Å². The van der Waals surface area contributed by atoms with Crippen LogP contribution in [-0.2, 0) is 4.79 Å². The minimum absolute atomic E-state index is 0.0669. The highest BCUT2D eigenvalue weighted by molar-refractivity contribution is 7.99. The maximum atomic E-state index is 11.7. The van der Waals surface area contributed by atoms with Gasteiger partial charge in [0.05, 0.1) is 21.2 Å². The number of thioether (sulfide) groups is 1. The van der Waals surface area contributed by atoms with Gasteiger partial charge in [-0.3, -0.25) is 4.79 Å². The lowest BCUT2D eigenvalue weighted by molar-refractivity contribution is -0.118. The third kappa shape index (κ3) is 4.08. The highest BCUT2D eigenvalue weighted by atomic mass is 32.2. The van der Waals surface area contributed by atoms with Crippen LogP contribution < -0.4 is 5.32 Å². The fraction of sp³-hybridized carbons (Fsp3) is 0.294. The maximum Gasteiger partial charge on any atom is 0.230 e. The Hall–Kier alpha value is -1.77. The van der Waals surface area contributed by atoms with Gasteiger partial charge >= 0.3 is 0 Å². The molecule has 0 aliphatic heterocycles. The number of aromatic nitrogens is 3. The van der Waals surface area contributed by atoms with Gasteiger partial charge in [0.1, 0.15) is 15.7 Å². The molecule has 1 aliphatic carbocycles.